The number of halogens is 1. The first-order valence-electron chi connectivity index (χ1n) is 11.3. The lowest BCUT2D eigenvalue weighted by Gasteiger charge is -2.14. The average Bonchev–Trinajstić information content (AvgIpc) is 3.22. The maximum absolute atomic E-state index is 13.1. The van der Waals surface area contributed by atoms with Gasteiger partial charge in [-0.25, -0.2) is 4.79 Å². The number of esters is 1. The van der Waals surface area contributed by atoms with Crippen LogP contribution in [-0.4, -0.2) is 25.1 Å². The van der Waals surface area contributed by atoms with Gasteiger partial charge in [0.2, 0.25) is 5.76 Å². The molecule has 1 aliphatic rings. The lowest BCUT2D eigenvalue weighted by Crippen LogP contribution is -2.22. The maximum Gasteiger partial charge on any atom is 0.380 e. The van der Waals surface area contributed by atoms with Gasteiger partial charge in [-0.2, -0.15) is 18.4 Å². The molecule has 10 heteroatoms. The lowest BCUT2D eigenvalue weighted by molar-refractivity contribution is 0.0700. The number of benzene rings is 2. The SMILES string of the molecule is Cc1ccc(S(=O)(=O)N/N=C2\CCCc3oc(C(=O)Oc4ccc(Br)c5cccnc45)c(C)c32)cc1. The fraction of sp³-hybridized carbons (Fsp3) is 0.192. The second-order valence-electron chi connectivity index (χ2n) is 8.51. The number of aryl methyl sites for hydroxylation is 2. The second kappa shape index (κ2) is 9.51. The molecule has 0 saturated carbocycles. The normalized spacial score (nSPS) is 14.6. The number of ether oxygens (including phenoxy) is 1. The maximum atomic E-state index is 13.1. The Bertz CT molecular complexity index is 1630. The Labute approximate surface area is 216 Å². The number of fused-ring (bicyclic) bond motifs is 2. The molecule has 2 aromatic carbocycles. The highest BCUT2D eigenvalue weighted by molar-refractivity contribution is 9.10. The molecule has 0 saturated heterocycles. The van der Waals surface area contributed by atoms with Crippen LogP contribution in [-0.2, 0) is 16.4 Å². The van der Waals surface area contributed by atoms with Crippen LogP contribution in [0, 0.1) is 13.8 Å². The van der Waals surface area contributed by atoms with Gasteiger partial charge in [-0.15, -0.1) is 0 Å². The zero-order valence-electron chi connectivity index (χ0n) is 19.5. The van der Waals surface area contributed by atoms with E-state index in [1.54, 1.807) is 43.5 Å². The first-order chi connectivity index (χ1) is 17.2. The highest BCUT2D eigenvalue weighted by Crippen LogP contribution is 2.33. The number of hydrogen-bond donors (Lipinski definition) is 1. The third kappa shape index (κ3) is 4.54. The third-order valence-corrected chi connectivity index (χ3v) is 7.94. The summed E-state index contributed by atoms with van der Waals surface area (Å²) in [4.78, 5) is 19.9. The minimum Gasteiger partial charge on any atom is -0.453 e. The smallest absolute Gasteiger partial charge is 0.380 e. The van der Waals surface area contributed by atoms with Crippen molar-refractivity contribution in [1.29, 1.82) is 0 Å². The van der Waals surface area contributed by atoms with Gasteiger partial charge in [0.15, 0.2) is 5.75 Å². The number of hydrogen-bond acceptors (Lipinski definition) is 7. The van der Waals surface area contributed by atoms with Crippen LogP contribution in [0.2, 0.25) is 0 Å². The first kappa shape index (κ1) is 24.2. The van der Waals surface area contributed by atoms with Crippen LogP contribution >= 0.6 is 15.9 Å². The summed E-state index contributed by atoms with van der Waals surface area (Å²) in [5.41, 5.74) is 3.21. The summed E-state index contributed by atoms with van der Waals surface area (Å²) in [5, 5.41) is 5.03. The largest absolute Gasteiger partial charge is 0.453 e. The third-order valence-electron chi connectivity index (χ3n) is 6.03. The van der Waals surface area contributed by atoms with Gasteiger partial charge in [0, 0.05) is 33.6 Å². The van der Waals surface area contributed by atoms with Crippen molar-refractivity contribution < 1.29 is 22.4 Å². The van der Waals surface area contributed by atoms with E-state index in [2.05, 4.69) is 30.8 Å². The molecule has 8 nitrogen and oxygen atoms in total. The summed E-state index contributed by atoms with van der Waals surface area (Å²) in [6.07, 6.45) is 3.49. The number of hydrazone groups is 1. The Balaban J connectivity index is 1.44. The van der Waals surface area contributed by atoms with E-state index >= 15 is 0 Å². The number of carbonyl (C=O) groups excluding carboxylic acids is 1. The van der Waals surface area contributed by atoms with E-state index in [1.807, 2.05) is 13.0 Å². The van der Waals surface area contributed by atoms with Crippen molar-refractivity contribution in [3.05, 3.63) is 87.4 Å². The van der Waals surface area contributed by atoms with E-state index in [0.29, 0.717) is 53.1 Å². The Kier molecular flexibility index (Phi) is 6.40. The van der Waals surface area contributed by atoms with Gasteiger partial charge in [0.1, 0.15) is 11.3 Å². The van der Waals surface area contributed by atoms with Gasteiger partial charge in [0.05, 0.1) is 10.6 Å². The summed E-state index contributed by atoms with van der Waals surface area (Å²) in [7, 11) is -3.84. The summed E-state index contributed by atoms with van der Waals surface area (Å²) < 4.78 is 37.8. The fourth-order valence-corrected chi connectivity index (χ4v) is 5.48. The van der Waals surface area contributed by atoms with Gasteiger partial charge >= 0.3 is 5.97 Å². The van der Waals surface area contributed by atoms with Crippen LogP contribution in [0.15, 0.2) is 73.6 Å². The topological polar surface area (TPSA) is 111 Å². The van der Waals surface area contributed by atoms with Crippen LogP contribution < -0.4 is 9.57 Å². The van der Waals surface area contributed by atoms with Crippen LogP contribution in [0.4, 0.5) is 0 Å². The Morgan fingerprint density at radius 1 is 1.11 bits per heavy atom. The minimum absolute atomic E-state index is 0.0583. The molecular weight excluding hydrogens is 546 g/mol. The van der Waals surface area contributed by atoms with Crippen LogP contribution in [0.3, 0.4) is 0 Å². The number of furan rings is 1. The molecule has 0 aliphatic heterocycles. The highest BCUT2D eigenvalue weighted by Gasteiger charge is 2.30. The average molecular weight is 568 g/mol. The van der Waals surface area contributed by atoms with E-state index in [9.17, 15) is 13.2 Å². The molecule has 4 aromatic rings. The van der Waals surface area contributed by atoms with Crippen molar-refractivity contribution in [2.24, 2.45) is 5.10 Å². The molecule has 0 amide bonds. The van der Waals surface area contributed by atoms with Crippen molar-refractivity contribution in [3.8, 4) is 5.75 Å². The summed E-state index contributed by atoms with van der Waals surface area (Å²) in [5.74, 6) is 0.295. The van der Waals surface area contributed by atoms with Gasteiger partial charge in [-0.1, -0.05) is 39.7 Å². The molecule has 5 rings (SSSR count). The van der Waals surface area contributed by atoms with E-state index in [0.717, 1.165) is 15.4 Å². The molecule has 1 N–H and O–H groups in total. The predicted molar refractivity (Wildman–Crippen MR) is 139 cm³/mol. The highest BCUT2D eigenvalue weighted by atomic mass is 79.9. The first-order valence-corrected chi connectivity index (χ1v) is 13.6. The van der Waals surface area contributed by atoms with Crippen LogP contribution in [0.1, 0.15) is 45.8 Å². The zero-order valence-corrected chi connectivity index (χ0v) is 21.9. The number of nitrogens with one attached hydrogen (secondary N) is 1. The fourth-order valence-electron chi connectivity index (χ4n) is 4.20. The molecule has 2 aromatic heterocycles. The molecule has 2 heterocycles. The lowest BCUT2D eigenvalue weighted by atomic mass is 9.93. The van der Waals surface area contributed by atoms with Gasteiger partial charge in [-0.3, -0.25) is 4.98 Å². The van der Waals surface area contributed by atoms with Crippen molar-refractivity contribution in [3.63, 3.8) is 0 Å². The van der Waals surface area contributed by atoms with Gasteiger partial charge in [-0.05, 0) is 57.0 Å². The van der Waals surface area contributed by atoms with Crippen molar-refractivity contribution >= 4 is 48.5 Å². The van der Waals surface area contributed by atoms with Crippen molar-refractivity contribution in [2.45, 2.75) is 38.0 Å². The molecule has 0 fully saturated rings. The summed E-state index contributed by atoms with van der Waals surface area (Å²) in [6.45, 7) is 3.62. The second-order valence-corrected chi connectivity index (χ2v) is 11.0. The molecule has 36 heavy (non-hydrogen) atoms. The van der Waals surface area contributed by atoms with E-state index in [4.69, 9.17) is 9.15 Å². The monoisotopic (exact) mass is 567 g/mol. The number of nitrogens with zero attached hydrogens (tertiary/aromatic N) is 2. The molecular formula is C26H22BrN3O5S. The molecule has 0 bridgehead atoms. The standard InChI is InChI=1S/C26H22BrN3O5S/c1-15-8-10-17(11-9-15)36(32,33)30-29-20-6-3-7-21-23(20)16(2)25(34-21)26(31)35-22-13-12-19(27)18-5-4-14-28-24(18)22/h4-5,8-14,30H,3,6-7H2,1-2H3/b29-20+. The van der Waals surface area contributed by atoms with Crippen molar-refractivity contribution in [1.82, 2.24) is 9.82 Å². The van der Waals surface area contributed by atoms with Crippen LogP contribution in [0.25, 0.3) is 10.9 Å². The molecule has 184 valence electrons. The molecule has 0 spiro atoms. The number of aromatic nitrogens is 1. The Hall–Kier alpha value is -3.50. The number of rotatable bonds is 5. The van der Waals surface area contributed by atoms with Gasteiger partial charge < -0.3 is 9.15 Å². The minimum atomic E-state index is -3.84. The molecule has 0 radical (unpaired) electrons. The number of pyridine rings is 1. The van der Waals surface area contributed by atoms with E-state index < -0.39 is 16.0 Å². The van der Waals surface area contributed by atoms with E-state index in [-0.39, 0.29) is 10.7 Å². The summed E-state index contributed by atoms with van der Waals surface area (Å²) >= 11 is 3.48. The van der Waals surface area contributed by atoms with Crippen molar-refractivity contribution in [2.75, 3.05) is 0 Å². The number of carbonyl (C=O) groups is 1. The molecule has 1 aliphatic carbocycles. The van der Waals surface area contributed by atoms with Gasteiger partial charge in [0.25, 0.3) is 10.0 Å². The quantitative estimate of drug-likeness (QED) is 0.195. The Morgan fingerprint density at radius 2 is 1.89 bits per heavy atom. The molecule has 0 atom stereocenters. The predicted octanol–water partition coefficient (Wildman–Crippen LogP) is 5.45. The van der Waals surface area contributed by atoms with Crippen LogP contribution in [0.5, 0.6) is 5.75 Å². The molecule has 0 unspecified atom stereocenters. The Morgan fingerprint density at radius 3 is 2.67 bits per heavy atom. The number of sulfonamides is 1. The van der Waals surface area contributed by atoms with E-state index in [1.165, 1.54) is 12.1 Å². The zero-order chi connectivity index (χ0) is 25.4. The summed E-state index contributed by atoms with van der Waals surface area (Å²) in [6, 6.07) is 13.6.